The second-order valence-corrected chi connectivity index (χ2v) is 10.4. The Bertz CT molecular complexity index is 1290. The van der Waals surface area contributed by atoms with Crippen molar-refractivity contribution in [3.63, 3.8) is 0 Å². The number of nitrogen functional groups attached to an aromatic ring is 1. The lowest BCUT2D eigenvalue weighted by molar-refractivity contribution is -0.135. The second kappa shape index (κ2) is 11.8. The highest BCUT2D eigenvalue weighted by Gasteiger charge is 2.33. The summed E-state index contributed by atoms with van der Waals surface area (Å²) in [6.45, 7) is 3.87. The SMILES string of the molecule is CCOP(=O)(Cc1ccc(NC(=O)CNC(=O)[C@@H]2CC[C@H](n3cnc4c(N)ncnc43)O2)cc1)OCC. The molecule has 13 nitrogen and oxygen atoms in total. The maximum Gasteiger partial charge on any atom is 0.335 e. The van der Waals surface area contributed by atoms with Gasteiger partial charge in [-0.05, 0) is 44.4 Å². The maximum absolute atomic E-state index is 12.7. The highest BCUT2D eigenvalue weighted by Crippen LogP contribution is 2.51. The van der Waals surface area contributed by atoms with Crippen LogP contribution in [0.3, 0.4) is 0 Å². The second-order valence-electron chi connectivity index (χ2n) is 8.31. The Hall–Kier alpha value is -3.38. The van der Waals surface area contributed by atoms with Gasteiger partial charge >= 0.3 is 7.60 Å². The fourth-order valence-corrected chi connectivity index (χ4v) is 5.73. The summed E-state index contributed by atoms with van der Waals surface area (Å²) in [6.07, 6.45) is 2.96. The number of aromatic nitrogens is 4. The molecule has 14 heteroatoms. The first-order chi connectivity index (χ1) is 17.8. The number of nitrogens with zero attached hydrogens (tertiary/aromatic N) is 4. The van der Waals surface area contributed by atoms with Crippen LogP contribution >= 0.6 is 7.60 Å². The number of benzene rings is 1. The predicted octanol–water partition coefficient (Wildman–Crippen LogP) is 2.61. The lowest BCUT2D eigenvalue weighted by Crippen LogP contribution is -2.39. The summed E-state index contributed by atoms with van der Waals surface area (Å²) in [5.41, 5.74) is 8.12. The number of anilines is 2. The number of imidazole rings is 1. The molecule has 0 aliphatic carbocycles. The molecule has 0 radical (unpaired) electrons. The molecule has 3 heterocycles. The van der Waals surface area contributed by atoms with Crippen LogP contribution in [0.2, 0.25) is 0 Å². The van der Waals surface area contributed by atoms with E-state index in [-0.39, 0.29) is 37.6 Å². The van der Waals surface area contributed by atoms with E-state index in [0.29, 0.717) is 29.7 Å². The quantitative estimate of drug-likeness (QED) is 0.312. The minimum absolute atomic E-state index is 0.135. The number of ether oxygens (including phenoxy) is 1. The van der Waals surface area contributed by atoms with Gasteiger partial charge < -0.3 is 30.2 Å². The smallest absolute Gasteiger partial charge is 0.335 e. The molecule has 0 unspecified atom stereocenters. The Balaban J connectivity index is 1.25. The summed E-state index contributed by atoms with van der Waals surface area (Å²) in [5.74, 6) is -0.500. The Morgan fingerprint density at radius 1 is 1.14 bits per heavy atom. The Morgan fingerprint density at radius 2 is 1.86 bits per heavy atom. The molecule has 198 valence electrons. The summed E-state index contributed by atoms with van der Waals surface area (Å²) in [7, 11) is -3.21. The van der Waals surface area contributed by atoms with E-state index < -0.39 is 25.8 Å². The van der Waals surface area contributed by atoms with Gasteiger partial charge in [0.05, 0.1) is 32.2 Å². The lowest BCUT2D eigenvalue weighted by atomic mass is 10.2. The van der Waals surface area contributed by atoms with Crippen LogP contribution in [0.1, 0.15) is 38.5 Å². The molecule has 1 aliphatic heterocycles. The zero-order valence-electron chi connectivity index (χ0n) is 20.6. The van der Waals surface area contributed by atoms with Crippen LogP contribution in [-0.2, 0) is 34.1 Å². The molecule has 0 saturated carbocycles. The molecular weight excluding hydrogens is 501 g/mol. The number of carbonyl (C=O) groups is 2. The van der Waals surface area contributed by atoms with Crippen LogP contribution in [0.5, 0.6) is 0 Å². The van der Waals surface area contributed by atoms with Crippen LogP contribution in [0.15, 0.2) is 36.9 Å². The van der Waals surface area contributed by atoms with Gasteiger partial charge in [-0.25, -0.2) is 15.0 Å². The van der Waals surface area contributed by atoms with Crippen molar-refractivity contribution in [2.24, 2.45) is 0 Å². The van der Waals surface area contributed by atoms with Crippen LogP contribution in [0.25, 0.3) is 11.2 Å². The molecule has 1 aliphatic rings. The van der Waals surface area contributed by atoms with E-state index in [1.165, 1.54) is 6.33 Å². The Morgan fingerprint density at radius 3 is 2.57 bits per heavy atom. The Kier molecular flexibility index (Phi) is 8.49. The minimum Gasteiger partial charge on any atom is -0.382 e. The van der Waals surface area contributed by atoms with E-state index in [2.05, 4.69) is 25.6 Å². The summed E-state index contributed by atoms with van der Waals surface area (Å²) in [6, 6.07) is 6.86. The third kappa shape index (κ3) is 6.50. The van der Waals surface area contributed by atoms with Crippen molar-refractivity contribution >= 4 is 42.1 Å². The van der Waals surface area contributed by atoms with Gasteiger partial charge in [0.2, 0.25) is 11.8 Å². The van der Waals surface area contributed by atoms with E-state index in [9.17, 15) is 14.2 Å². The summed E-state index contributed by atoms with van der Waals surface area (Å²) in [5, 5.41) is 5.33. The topological polar surface area (TPSA) is 173 Å². The standard InChI is InChI=1S/C23H30N7O6P/c1-3-34-37(33,35-4-2)12-15-5-7-16(8-6-15)29-18(31)11-25-23(32)17-9-10-19(36-17)30-14-28-20-21(24)26-13-27-22(20)30/h5-8,13-14,17,19H,3-4,9-12H2,1-2H3,(H,25,32)(H,29,31)(H2,24,26,27)/t17-,19+/m0/s1. The van der Waals surface area contributed by atoms with Gasteiger partial charge in [0.1, 0.15) is 24.2 Å². The molecule has 37 heavy (non-hydrogen) atoms. The van der Waals surface area contributed by atoms with E-state index in [1.54, 1.807) is 49.0 Å². The van der Waals surface area contributed by atoms with Crippen molar-refractivity contribution in [2.45, 2.75) is 45.2 Å². The zero-order chi connectivity index (χ0) is 26.4. The largest absolute Gasteiger partial charge is 0.382 e. The molecule has 4 rings (SSSR count). The van der Waals surface area contributed by atoms with Crippen LogP contribution in [0, 0.1) is 0 Å². The monoisotopic (exact) mass is 531 g/mol. The van der Waals surface area contributed by atoms with Crippen molar-refractivity contribution in [3.8, 4) is 0 Å². The molecule has 4 N–H and O–H groups in total. The number of fused-ring (bicyclic) bond motifs is 1. The molecule has 3 aromatic rings. The van der Waals surface area contributed by atoms with Gasteiger partial charge in [-0.3, -0.25) is 18.7 Å². The molecule has 0 bridgehead atoms. The molecule has 1 fully saturated rings. The molecule has 1 aromatic carbocycles. The number of hydrogen-bond acceptors (Lipinski definition) is 10. The first-order valence-electron chi connectivity index (χ1n) is 11.9. The van der Waals surface area contributed by atoms with Crippen molar-refractivity contribution in [3.05, 3.63) is 42.5 Å². The fourth-order valence-electron chi connectivity index (χ4n) is 4.02. The van der Waals surface area contributed by atoms with Crippen molar-refractivity contribution in [1.82, 2.24) is 24.8 Å². The normalized spacial score (nSPS) is 17.7. The van der Waals surface area contributed by atoms with Crippen LogP contribution in [-0.4, -0.2) is 57.2 Å². The van der Waals surface area contributed by atoms with Gasteiger partial charge in [-0.1, -0.05) is 12.1 Å². The summed E-state index contributed by atoms with van der Waals surface area (Å²) < 4.78 is 30.9. The van der Waals surface area contributed by atoms with Gasteiger partial charge in [0.25, 0.3) is 0 Å². The van der Waals surface area contributed by atoms with Crippen molar-refractivity contribution in [2.75, 3.05) is 30.8 Å². The molecule has 2 atom stereocenters. The first-order valence-corrected chi connectivity index (χ1v) is 13.7. The number of carbonyl (C=O) groups excluding carboxylic acids is 2. The first kappa shape index (κ1) is 26.7. The molecule has 0 spiro atoms. The number of amides is 2. The number of rotatable bonds is 11. The number of nitrogens with two attached hydrogens (primary N) is 1. The molecule has 2 aromatic heterocycles. The highest BCUT2D eigenvalue weighted by molar-refractivity contribution is 7.53. The highest BCUT2D eigenvalue weighted by atomic mass is 31.2. The van der Waals surface area contributed by atoms with E-state index in [0.717, 1.165) is 5.56 Å². The average Bonchev–Trinajstić information content (AvgIpc) is 3.52. The maximum atomic E-state index is 12.7. The van der Waals surface area contributed by atoms with Crippen molar-refractivity contribution < 1.29 is 27.9 Å². The Labute approximate surface area is 213 Å². The van der Waals surface area contributed by atoms with E-state index in [1.807, 2.05) is 0 Å². The summed E-state index contributed by atoms with van der Waals surface area (Å²) in [4.78, 5) is 37.3. The third-order valence-corrected chi connectivity index (χ3v) is 7.73. The van der Waals surface area contributed by atoms with Crippen LogP contribution in [0.4, 0.5) is 11.5 Å². The third-order valence-electron chi connectivity index (χ3n) is 5.68. The molecule has 1 saturated heterocycles. The van der Waals surface area contributed by atoms with E-state index >= 15 is 0 Å². The van der Waals surface area contributed by atoms with Gasteiger partial charge in [0.15, 0.2) is 11.5 Å². The minimum atomic E-state index is -3.21. The molecular formula is C23H30N7O6P. The zero-order valence-corrected chi connectivity index (χ0v) is 21.5. The fraction of sp³-hybridized carbons (Fsp3) is 0.435. The van der Waals surface area contributed by atoms with Gasteiger partial charge in [-0.15, -0.1) is 0 Å². The van der Waals surface area contributed by atoms with Crippen molar-refractivity contribution in [1.29, 1.82) is 0 Å². The predicted molar refractivity (Wildman–Crippen MR) is 136 cm³/mol. The van der Waals surface area contributed by atoms with Crippen LogP contribution < -0.4 is 16.4 Å². The molecule has 2 amide bonds. The summed E-state index contributed by atoms with van der Waals surface area (Å²) >= 11 is 0. The number of hydrogen-bond donors (Lipinski definition) is 3. The lowest BCUT2D eigenvalue weighted by Gasteiger charge is -2.17. The van der Waals surface area contributed by atoms with Gasteiger partial charge in [-0.2, -0.15) is 0 Å². The average molecular weight is 532 g/mol. The number of nitrogens with one attached hydrogen (secondary N) is 2. The van der Waals surface area contributed by atoms with E-state index in [4.69, 9.17) is 19.5 Å². The van der Waals surface area contributed by atoms with Gasteiger partial charge in [0, 0.05) is 5.69 Å².